The van der Waals surface area contributed by atoms with Gasteiger partial charge in [-0.05, 0) is 11.1 Å². The minimum absolute atomic E-state index is 0.340. The highest BCUT2D eigenvalue weighted by Gasteiger charge is 2.65. The SMILES string of the molecule is CC1(C2CC(=O)OC2=O)c2ccccc2C2C(=O)OC(=O)C2C1OC(F)F. The van der Waals surface area contributed by atoms with Crippen LogP contribution in [0.2, 0.25) is 0 Å². The molecule has 3 aliphatic rings. The summed E-state index contributed by atoms with van der Waals surface area (Å²) in [5, 5.41) is 0. The number of ether oxygens (including phenoxy) is 3. The second kappa shape index (κ2) is 5.91. The normalized spacial score (nSPS) is 35.1. The highest BCUT2D eigenvalue weighted by Crippen LogP contribution is 2.55. The van der Waals surface area contributed by atoms with E-state index in [9.17, 15) is 28.0 Å². The van der Waals surface area contributed by atoms with Gasteiger partial charge in [-0.2, -0.15) is 8.78 Å². The van der Waals surface area contributed by atoms with E-state index in [2.05, 4.69) is 4.74 Å². The number of carbonyl (C=O) groups is 4. The molecule has 9 heteroatoms. The highest BCUT2D eigenvalue weighted by atomic mass is 19.3. The van der Waals surface area contributed by atoms with E-state index in [4.69, 9.17) is 9.47 Å². The Morgan fingerprint density at radius 1 is 1.07 bits per heavy atom. The Morgan fingerprint density at radius 2 is 1.78 bits per heavy atom. The minimum Gasteiger partial charge on any atom is -0.393 e. The molecule has 1 aromatic rings. The van der Waals surface area contributed by atoms with Gasteiger partial charge in [0.1, 0.15) is 5.92 Å². The summed E-state index contributed by atoms with van der Waals surface area (Å²) >= 11 is 0. The topological polar surface area (TPSA) is 96.0 Å². The molecule has 142 valence electrons. The van der Waals surface area contributed by atoms with Crippen molar-refractivity contribution in [3.63, 3.8) is 0 Å². The van der Waals surface area contributed by atoms with Crippen LogP contribution in [-0.2, 0) is 38.8 Å². The first-order chi connectivity index (χ1) is 12.7. The quantitative estimate of drug-likeness (QED) is 0.578. The molecule has 0 N–H and O–H groups in total. The lowest BCUT2D eigenvalue weighted by molar-refractivity contribution is -0.207. The lowest BCUT2D eigenvalue weighted by Gasteiger charge is -2.47. The molecule has 2 aliphatic heterocycles. The summed E-state index contributed by atoms with van der Waals surface area (Å²) in [6, 6.07) is 6.38. The molecule has 0 aromatic heterocycles. The molecule has 27 heavy (non-hydrogen) atoms. The van der Waals surface area contributed by atoms with Crippen LogP contribution in [0.1, 0.15) is 30.4 Å². The van der Waals surface area contributed by atoms with E-state index in [1.54, 1.807) is 24.3 Å². The van der Waals surface area contributed by atoms with Gasteiger partial charge in [-0.15, -0.1) is 0 Å². The average molecular weight is 380 g/mol. The van der Waals surface area contributed by atoms with E-state index < -0.39 is 59.8 Å². The molecule has 2 saturated heterocycles. The third-order valence-electron chi connectivity index (χ3n) is 5.72. The molecule has 1 aliphatic carbocycles. The lowest BCUT2D eigenvalue weighted by Crippen LogP contribution is -2.56. The predicted octanol–water partition coefficient (Wildman–Crippen LogP) is 1.44. The molecular formula is C18H14F2O7. The van der Waals surface area contributed by atoms with Gasteiger partial charge >= 0.3 is 30.5 Å². The largest absolute Gasteiger partial charge is 0.393 e. The summed E-state index contributed by atoms with van der Waals surface area (Å²) in [5.41, 5.74) is -0.733. The van der Waals surface area contributed by atoms with Crippen molar-refractivity contribution in [1.29, 1.82) is 0 Å². The number of fused-ring (bicyclic) bond motifs is 3. The van der Waals surface area contributed by atoms with Crippen LogP contribution in [0, 0.1) is 11.8 Å². The van der Waals surface area contributed by atoms with Crippen LogP contribution in [0.5, 0.6) is 0 Å². The Kier molecular flexibility index (Phi) is 3.88. The molecule has 5 atom stereocenters. The summed E-state index contributed by atoms with van der Waals surface area (Å²) in [6.45, 7) is -1.80. The predicted molar refractivity (Wildman–Crippen MR) is 81.2 cm³/mol. The minimum atomic E-state index is -3.27. The molecule has 2 heterocycles. The fraction of sp³-hybridized carbons (Fsp3) is 0.444. The maximum absolute atomic E-state index is 13.2. The molecule has 7 nitrogen and oxygen atoms in total. The van der Waals surface area contributed by atoms with Crippen LogP contribution in [0.3, 0.4) is 0 Å². The molecule has 0 saturated carbocycles. The van der Waals surface area contributed by atoms with Crippen LogP contribution in [-0.4, -0.2) is 36.6 Å². The summed E-state index contributed by atoms with van der Waals surface area (Å²) in [4.78, 5) is 48.5. The van der Waals surface area contributed by atoms with Crippen LogP contribution in [0.15, 0.2) is 24.3 Å². The van der Waals surface area contributed by atoms with Gasteiger partial charge in [-0.3, -0.25) is 19.2 Å². The van der Waals surface area contributed by atoms with Crippen molar-refractivity contribution in [2.24, 2.45) is 11.8 Å². The summed E-state index contributed by atoms with van der Waals surface area (Å²) in [5.74, 6) is -7.11. The second-order valence-electron chi connectivity index (χ2n) is 6.98. The van der Waals surface area contributed by atoms with Gasteiger partial charge in [0.2, 0.25) is 0 Å². The summed E-state index contributed by atoms with van der Waals surface area (Å²) < 4.78 is 40.6. The molecular weight excluding hydrogens is 366 g/mol. The molecule has 0 radical (unpaired) electrons. The van der Waals surface area contributed by atoms with Gasteiger partial charge in [0.25, 0.3) is 0 Å². The number of alkyl halides is 2. The Bertz CT molecular complexity index is 867. The number of carbonyl (C=O) groups excluding carboxylic acids is 4. The Morgan fingerprint density at radius 3 is 2.41 bits per heavy atom. The van der Waals surface area contributed by atoms with E-state index >= 15 is 0 Å². The number of hydrogen-bond donors (Lipinski definition) is 0. The number of cyclic esters (lactones) is 4. The molecule has 0 amide bonds. The maximum atomic E-state index is 13.2. The zero-order valence-electron chi connectivity index (χ0n) is 14.0. The number of esters is 4. The number of halogens is 2. The van der Waals surface area contributed by atoms with Gasteiger partial charge in [0.05, 0.1) is 24.4 Å². The van der Waals surface area contributed by atoms with Gasteiger partial charge in [0.15, 0.2) is 0 Å². The third kappa shape index (κ3) is 2.41. The third-order valence-corrected chi connectivity index (χ3v) is 5.72. The highest BCUT2D eigenvalue weighted by molar-refractivity contribution is 6.02. The number of hydrogen-bond acceptors (Lipinski definition) is 7. The van der Waals surface area contributed by atoms with E-state index in [-0.39, 0.29) is 6.42 Å². The van der Waals surface area contributed by atoms with E-state index in [0.29, 0.717) is 11.1 Å². The maximum Gasteiger partial charge on any atom is 0.345 e. The van der Waals surface area contributed by atoms with Crippen molar-refractivity contribution < 1.29 is 42.2 Å². The standard InChI is InChI=1S/C18H14F2O7/c1-18(9-6-10(21)25-14(9)22)8-5-3-2-4-7(8)11-12(13(18)26-17(19)20)16(24)27-15(11)23/h2-5,9,11-13,17H,6H2,1H3. The van der Waals surface area contributed by atoms with Crippen molar-refractivity contribution in [1.82, 2.24) is 0 Å². The van der Waals surface area contributed by atoms with Gasteiger partial charge in [-0.25, -0.2) is 0 Å². The van der Waals surface area contributed by atoms with Crippen molar-refractivity contribution in [3.05, 3.63) is 35.4 Å². The second-order valence-corrected chi connectivity index (χ2v) is 6.98. The number of benzene rings is 1. The Labute approximate surface area is 151 Å². The molecule has 1 aromatic carbocycles. The summed E-state index contributed by atoms with van der Waals surface area (Å²) in [7, 11) is 0. The van der Waals surface area contributed by atoms with Crippen LogP contribution in [0.4, 0.5) is 8.78 Å². The zero-order chi connectivity index (χ0) is 19.5. The fourth-order valence-electron chi connectivity index (χ4n) is 4.57. The first kappa shape index (κ1) is 17.7. The van der Waals surface area contributed by atoms with Crippen molar-refractivity contribution in [2.45, 2.75) is 37.4 Å². The first-order valence-electron chi connectivity index (χ1n) is 8.28. The summed E-state index contributed by atoms with van der Waals surface area (Å²) in [6.07, 6.45) is -1.90. The van der Waals surface area contributed by atoms with Gasteiger partial charge in [-0.1, -0.05) is 31.2 Å². The van der Waals surface area contributed by atoms with Crippen molar-refractivity contribution in [2.75, 3.05) is 0 Å². The molecule has 0 spiro atoms. The molecule has 5 unspecified atom stereocenters. The zero-order valence-corrected chi connectivity index (χ0v) is 14.0. The lowest BCUT2D eigenvalue weighted by atomic mass is 9.56. The number of rotatable bonds is 3. The van der Waals surface area contributed by atoms with Crippen LogP contribution >= 0.6 is 0 Å². The van der Waals surface area contributed by atoms with Crippen LogP contribution in [0.25, 0.3) is 0 Å². The molecule has 0 bridgehead atoms. The fourth-order valence-corrected chi connectivity index (χ4v) is 4.57. The Hall–Kier alpha value is -2.68. The average Bonchev–Trinajstić information content (AvgIpc) is 3.09. The Balaban J connectivity index is 1.96. The monoisotopic (exact) mass is 380 g/mol. The van der Waals surface area contributed by atoms with Crippen LogP contribution < -0.4 is 0 Å². The van der Waals surface area contributed by atoms with Crippen molar-refractivity contribution in [3.8, 4) is 0 Å². The van der Waals surface area contributed by atoms with E-state index in [1.165, 1.54) is 6.92 Å². The van der Waals surface area contributed by atoms with Gasteiger partial charge in [0, 0.05) is 5.41 Å². The molecule has 2 fully saturated rings. The van der Waals surface area contributed by atoms with Crippen molar-refractivity contribution >= 4 is 23.9 Å². The molecule has 4 rings (SSSR count). The first-order valence-corrected chi connectivity index (χ1v) is 8.28. The van der Waals surface area contributed by atoms with E-state index in [0.717, 1.165) is 0 Å². The smallest absolute Gasteiger partial charge is 0.345 e. The van der Waals surface area contributed by atoms with E-state index in [1.807, 2.05) is 0 Å². The van der Waals surface area contributed by atoms with Gasteiger partial charge < -0.3 is 14.2 Å².